The van der Waals surface area contributed by atoms with Gasteiger partial charge in [-0.3, -0.25) is 0 Å². The van der Waals surface area contributed by atoms with E-state index in [2.05, 4.69) is 20.3 Å². The van der Waals surface area contributed by atoms with E-state index in [1.165, 1.54) is 0 Å². The number of aromatic nitrogens is 3. The van der Waals surface area contributed by atoms with Crippen LogP contribution in [-0.4, -0.2) is 60.5 Å². The molecule has 0 unspecified atom stereocenters. The SMILES string of the molecule is Cc1nc(F)nc(NCCOCCS(=O)(=O)CCCl)n1. The quantitative estimate of drug-likeness (QED) is 0.518. The lowest BCUT2D eigenvalue weighted by Gasteiger charge is -2.06. The van der Waals surface area contributed by atoms with Crippen molar-refractivity contribution < 1.29 is 17.5 Å². The van der Waals surface area contributed by atoms with Gasteiger partial charge in [0.1, 0.15) is 5.82 Å². The second-order valence-corrected chi connectivity index (χ2v) is 6.54. The smallest absolute Gasteiger partial charge is 0.313 e. The first-order valence-electron chi connectivity index (χ1n) is 5.89. The molecule has 0 aliphatic heterocycles. The lowest BCUT2D eigenvalue weighted by molar-refractivity contribution is 0.159. The molecule has 0 fully saturated rings. The van der Waals surface area contributed by atoms with Crippen LogP contribution in [0.5, 0.6) is 0 Å². The van der Waals surface area contributed by atoms with E-state index in [1.54, 1.807) is 6.92 Å². The van der Waals surface area contributed by atoms with Crippen LogP contribution >= 0.6 is 11.6 Å². The molecule has 1 N–H and O–H groups in total. The number of hydrogen-bond donors (Lipinski definition) is 1. The van der Waals surface area contributed by atoms with Gasteiger partial charge in [0.2, 0.25) is 5.95 Å². The predicted octanol–water partition coefficient (Wildman–Crippen LogP) is 0.401. The molecule has 0 radical (unpaired) electrons. The molecular weight excluding hydrogens is 311 g/mol. The Labute approximate surface area is 121 Å². The van der Waals surface area contributed by atoms with Gasteiger partial charge in [-0.25, -0.2) is 8.42 Å². The van der Waals surface area contributed by atoms with E-state index in [0.29, 0.717) is 6.54 Å². The normalized spacial score (nSPS) is 11.6. The Kier molecular flexibility index (Phi) is 7.03. The van der Waals surface area contributed by atoms with Crippen molar-refractivity contribution in [2.24, 2.45) is 0 Å². The fraction of sp³-hybridized carbons (Fsp3) is 0.700. The number of aryl methyl sites for hydroxylation is 1. The van der Waals surface area contributed by atoms with Crippen LogP contribution in [0.2, 0.25) is 0 Å². The number of nitrogens with zero attached hydrogens (tertiary/aromatic N) is 3. The zero-order chi connectivity index (χ0) is 15.0. The largest absolute Gasteiger partial charge is 0.379 e. The molecule has 1 aromatic rings. The van der Waals surface area contributed by atoms with Gasteiger partial charge in [0.05, 0.1) is 24.7 Å². The molecule has 1 heterocycles. The summed E-state index contributed by atoms with van der Waals surface area (Å²) < 4.78 is 40.6. The molecule has 1 rings (SSSR count). The minimum atomic E-state index is -3.14. The van der Waals surface area contributed by atoms with Gasteiger partial charge in [0.25, 0.3) is 0 Å². The van der Waals surface area contributed by atoms with Gasteiger partial charge in [-0.1, -0.05) is 0 Å². The van der Waals surface area contributed by atoms with Crippen molar-refractivity contribution in [1.29, 1.82) is 0 Å². The first-order chi connectivity index (χ1) is 9.43. The average molecular weight is 327 g/mol. The summed E-state index contributed by atoms with van der Waals surface area (Å²) in [6.07, 6.45) is -0.854. The van der Waals surface area contributed by atoms with Crippen LogP contribution in [0.1, 0.15) is 5.82 Å². The summed E-state index contributed by atoms with van der Waals surface area (Å²) in [5.74, 6) is 0.342. The Balaban J connectivity index is 2.19. The van der Waals surface area contributed by atoms with Gasteiger partial charge >= 0.3 is 6.08 Å². The Morgan fingerprint density at radius 1 is 1.25 bits per heavy atom. The van der Waals surface area contributed by atoms with E-state index >= 15 is 0 Å². The highest BCUT2D eigenvalue weighted by atomic mass is 35.5. The Morgan fingerprint density at radius 3 is 2.65 bits per heavy atom. The van der Waals surface area contributed by atoms with E-state index in [0.717, 1.165) is 0 Å². The number of alkyl halides is 1. The molecule has 0 aliphatic carbocycles. The minimum Gasteiger partial charge on any atom is -0.379 e. The topological polar surface area (TPSA) is 94.1 Å². The molecule has 20 heavy (non-hydrogen) atoms. The van der Waals surface area contributed by atoms with E-state index in [-0.39, 0.29) is 42.4 Å². The molecule has 0 saturated carbocycles. The van der Waals surface area contributed by atoms with Crippen LogP contribution in [0.4, 0.5) is 10.3 Å². The van der Waals surface area contributed by atoms with Crippen LogP contribution in [0, 0.1) is 13.0 Å². The zero-order valence-corrected chi connectivity index (χ0v) is 12.5. The number of nitrogens with one attached hydrogen (secondary N) is 1. The molecule has 1 aromatic heterocycles. The summed E-state index contributed by atoms with van der Waals surface area (Å²) in [5, 5.41) is 2.75. The number of ether oxygens (including phenoxy) is 1. The van der Waals surface area contributed by atoms with Gasteiger partial charge in [-0.2, -0.15) is 19.3 Å². The fourth-order valence-electron chi connectivity index (χ4n) is 1.27. The maximum Gasteiger partial charge on any atom is 0.313 e. The van der Waals surface area contributed by atoms with Crippen LogP contribution in [-0.2, 0) is 14.6 Å². The molecule has 10 heteroatoms. The highest BCUT2D eigenvalue weighted by Crippen LogP contribution is 1.99. The molecule has 0 atom stereocenters. The summed E-state index contributed by atoms with van der Waals surface area (Å²) in [6.45, 7) is 2.22. The monoisotopic (exact) mass is 326 g/mol. The van der Waals surface area contributed by atoms with Crippen molar-refractivity contribution in [2.45, 2.75) is 6.92 Å². The number of sulfone groups is 1. The Hall–Kier alpha value is -1.06. The fourth-order valence-corrected chi connectivity index (χ4v) is 2.79. The maximum absolute atomic E-state index is 12.9. The molecule has 0 aromatic carbocycles. The first-order valence-corrected chi connectivity index (χ1v) is 8.25. The first kappa shape index (κ1) is 17.0. The van der Waals surface area contributed by atoms with Gasteiger partial charge in [0, 0.05) is 12.4 Å². The van der Waals surface area contributed by atoms with E-state index in [1.807, 2.05) is 0 Å². The van der Waals surface area contributed by atoms with Crippen LogP contribution < -0.4 is 5.32 Å². The number of hydrogen-bond acceptors (Lipinski definition) is 7. The molecule has 114 valence electrons. The van der Waals surface area contributed by atoms with E-state index < -0.39 is 15.9 Å². The van der Waals surface area contributed by atoms with Gasteiger partial charge in [0.15, 0.2) is 9.84 Å². The van der Waals surface area contributed by atoms with Crippen molar-refractivity contribution in [3.63, 3.8) is 0 Å². The Bertz CT molecular complexity index is 509. The van der Waals surface area contributed by atoms with Crippen molar-refractivity contribution >= 4 is 27.4 Å². The van der Waals surface area contributed by atoms with Crippen LogP contribution in [0.3, 0.4) is 0 Å². The molecule has 0 bridgehead atoms. The van der Waals surface area contributed by atoms with E-state index in [9.17, 15) is 12.8 Å². The predicted molar refractivity (Wildman–Crippen MR) is 73.2 cm³/mol. The molecule has 7 nitrogen and oxygen atoms in total. The third-order valence-electron chi connectivity index (χ3n) is 2.18. The van der Waals surface area contributed by atoms with Gasteiger partial charge < -0.3 is 10.1 Å². The third kappa shape index (κ3) is 6.92. The molecule has 0 aliphatic rings. The number of rotatable bonds is 9. The molecular formula is C10H16ClFN4O3S. The van der Waals surface area contributed by atoms with Crippen molar-refractivity contribution in [1.82, 2.24) is 15.0 Å². The van der Waals surface area contributed by atoms with Gasteiger partial charge in [-0.15, -0.1) is 11.6 Å². The summed E-state index contributed by atoms with van der Waals surface area (Å²) in [4.78, 5) is 10.7. The van der Waals surface area contributed by atoms with Crippen molar-refractivity contribution in [3.8, 4) is 0 Å². The van der Waals surface area contributed by atoms with E-state index in [4.69, 9.17) is 16.3 Å². The molecule has 0 saturated heterocycles. The molecule has 0 spiro atoms. The lowest BCUT2D eigenvalue weighted by Crippen LogP contribution is -2.19. The third-order valence-corrected chi connectivity index (χ3v) is 4.20. The summed E-state index contributed by atoms with van der Waals surface area (Å²) in [6, 6.07) is 0. The second kappa shape index (κ2) is 8.28. The zero-order valence-electron chi connectivity index (χ0n) is 11.0. The number of halogens is 2. The van der Waals surface area contributed by atoms with Crippen molar-refractivity contribution in [3.05, 3.63) is 11.9 Å². The van der Waals surface area contributed by atoms with Crippen LogP contribution in [0.15, 0.2) is 0 Å². The molecule has 0 amide bonds. The van der Waals surface area contributed by atoms with Crippen molar-refractivity contribution in [2.75, 3.05) is 42.5 Å². The second-order valence-electron chi connectivity index (χ2n) is 3.86. The highest BCUT2D eigenvalue weighted by molar-refractivity contribution is 7.91. The lowest BCUT2D eigenvalue weighted by atomic mass is 10.6. The summed E-state index contributed by atoms with van der Waals surface area (Å²) in [7, 11) is -3.14. The van der Waals surface area contributed by atoms with Crippen LogP contribution in [0.25, 0.3) is 0 Å². The number of anilines is 1. The maximum atomic E-state index is 12.9. The standard InChI is InChI=1S/C10H16ClFN4O3S/c1-8-14-9(12)16-10(15-8)13-3-4-19-5-7-20(17,18)6-2-11/h2-7H2,1H3,(H,13,14,15,16). The summed E-state index contributed by atoms with van der Waals surface area (Å²) >= 11 is 5.36. The minimum absolute atomic E-state index is 0.0560. The Morgan fingerprint density at radius 2 is 2.00 bits per heavy atom. The summed E-state index contributed by atoms with van der Waals surface area (Å²) in [5.41, 5.74) is 0. The van der Waals surface area contributed by atoms with Gasteiger partial charge in [-0.05, 0) is 6.92 Å². The highest BCUT2D eigenvalue weighted by Gasteiger charge is 2.09. The average Bonchev–Trinajstić information content (AvgIpc) is 2.32.